The second kappa shape index (κ2) is 8.48. The van der Waals surface area contributed by atoms with E-state index in [0.717, 1.165) is 50.6 Å². The molecule has 1 aliphatic heterocycles. The van der Waals surface area contributed by atoms with Gasteiger partial charge in [-0.1, -0.05) is 12.1 Å². The fraction of sp³-hybridized carbons (Fsp3) is 0.562. The van der Waals surface area contributed by atoms with Crippen molar-refractivity contribution in [2.45, 2.75) is 6.42 Å². The molecular weight excluding hydrogens is 282 g/mol. The van der Waals surface area contributed by atoms with Gasteiger partial charge in [0.05, 0.1) is 19.4 Å². The molecule has 0 radical (unpaired) electrons. The zero-order valence-corrected chi connectivity index (χ0v) is 13.4. The van der Waals surface area contributed by atoms with Crippen molar-refractivity contribution in [1.82, 2.24) is 10.2 Å². The number of anilines is 1. The standard InChI is InChI=1S/C16H25N3O3/c1-17-16(20)22-13-5-8-18-9-11-19(12-10-18)14-6-3-4-7-15(14)21-2/h3-4,6-7H,5,8-13H2,1-2H3,(H,17,20). The van der Waals surface area contributed by atoms with E-state index >= 15 is 0 Å². The van der Waals surface area contributed by atoms with Crippen LogP contribution in [0.3, 0.4) is 0 Å². The van der Waals surface area contributed by atoms with Crippen molar-refractivity contribution in [2.75, 3.05) is 58.4 Å². The van der Waals surface area contributed by atoms with Gasteiger partial charge in [-0.15, -0.1) is 0 Å². The second-order valence-electron chi connectivity index (χ2n) is 5.24. The third-order valence-corrected chi connectivity index (χ3v) is 3.85. The Balaban J connectivity index is 1.73. The number of ether oxygens (including phenoxy) is 2. The zero-order valence-electron chi connectivity index (χ0n) is 13.4. The lowest BCUT2D eigenvalue weighted by Crippen LogP contribution is -2.46. The van der Waals surface area contributed by atoms with E-state index in [0.29, 0.717) is 6.61 Å². The number of carbonyl (C=O) groups excluding carboxylic acids is 1. The van der Waals surface area contributed by atoms with Crippen LogP contribution in [-0.2, 0) is 4.74 Å². The summed E-state index contributed by atoms with van der Waals surface area (Å²) in [6, 6.07) is 8.13. The molecule has 0 atom stereocenters. The number of para-hydroxylation sites is 2. The molecular formula is C16H25N3O3. The monoisotopic (exact) mass is 307 g/mol. The summed E-state index contributed by atoms with van der Waals surface area (Å²) in [7, 11) is 3.28. The Labute approximate surface area is 132 Å². The van der Waals surface area contributed by atoms with Crippen molar-refractivity contribution in [1.29, 1.82) is 0 Å². The minimum absolute atomic E-state index is 0.360. The quantitative estimate of drug-likeness (QED) is 0.809. The van der Waals surface area contributed by atoms with Crippen molar-refractivity contribution in [3.05, 3.63) is 24.3 Å². The van der Waals surface area contributed by atoms with Gasteiger partial charge in [0.25, 0.3) is 0 Å². The van der Waals surface area contributed by atoms with Crippen LogP contribution in [0, 0.1) is 0 Å². The van der Waals surface area contributed by atoms with E-state index in [9.17, 15) is 4.79 Å². The van der Waals surface area contributed by atoms with E-state index in [1.165, 1.54) is 0 Å². The molecule has 22 heavy (non-hydrogen) atoms. The third kappa shape index (κ3) is 4.53. The van der Waals surface area contributed by atoms with Crippen LogP contribution in [0.5, 0.6) is 5.75 Å². The molecule has 0 aromatic heterocycles. The van der Waals surface area contributed by atoms with Crippen LogP contribution in [0.2, 0.25) is 0 Å². The number of rotatable bonds is 6. The van der Waals surface area contributed by atoms with E-state index in [-0.39, 0.29) is 6.09 Å². The Morgan fingerprint density at radius 1 is 1.23 bits per heavy atom. The number of nitrogens with zero attached hydrogens (tertiary/aromatic N) is 2. The number of methoxy groups -OCH3 is 1. The van der Waals surface area contributed by atoms with Gasteiger partial charge in [0.1, 0.15) is 5.75 Å². The Bertz CT molecular complexity index is 473. The minimum atomic E-state index is -0.360. The predicted octanol–water partition coefficient (Wildman–Crippen LogP) is 1.56. The fourth-order valence-corrected chi connectivity index (χ4v) is 2.63. The molecule has 6 nitrogen and oxygen atoms in total. The number of amides is 1. The number of hydrogen-bond acceptors (Lipinski definition) is 5. The van der Waals surface area contributed by atoms with E-state index in [4.69, 9.17) is 9.47 Å². The summed E-state index contributed by atoms with van der Waals surface area (Å²) in [6.07, 6.45) is 0.503. The van der Waals surface area contributed by atoms with Crippen molar-refractivity contribution in [3.63, 3.8) is 0 Å². The molecule has 1 N–H and O–H groups in total. The highest BCUT2D eigenvalue weighted by molar-refractivity contribution is 5.66. The fourth-order valence-electron chi connectivity index (χ4n) is 2.63. The van der Waals surface area contributed by atoms with Crippen molar-refractivity contribution < 1.29 is 14.3 Å². The van der Waals surface area contributed by atoms with Crippen molar-refractivity contribution >= 4 is 11.8 Å². The first kappa shape index (κ1) is 16.4. The van der Waals surface area contributed by atoms with Crippen LogP contribution in [-0.4, -0.2) is 64.5 Å². The Hall–Kier alpha value is -1.95. The molecule has 0 aliphatic carbocycles. The SMILES string of the molecule is CNC(=O)OCCCN1CCN(c2ccccc2OC)CC1. The van der Waals surface area contributed by atoms with Gasteiger partial charge >= 0.3 is 6.09 Å². The van der Waals surface area contributed by atoms with Gasteiger partial charge in [-0.25, -0.2) is 4.79 Å². The first-order valence-corrected chi connectivity index (χ1v) is 7.69. The van der Waals surface area contributed by atoms with Crippen LogP contribution < -0.4 is 15.0 Å². The molecule has 122 valence electrons. The largest absolute Gasteiger partial charge is 0.495 e. The second-order valence-corrected chi connectivity index (χ2v) is 5.24. The molecule has 1 amide bonds. The Kier molecular flexibility index (Phi) is 6.33. The number of benzene rings is 1. The van der Waals surface area contributed by atoms with Crippen LogP contribution in [0.4, 0.5) is 10.5 Å². The molecule has 6 heteroatoms. The summed E-state index contributed by atoms with van der Waals surface area (Å²) in [5, 5.41) is 2.44. The van der Waals surface area contributed by atoms with E-state index < -0.39 is 0 Å². The average molecular weight is 307 g/mol. The van der Waals surface area contributed by atoms with Crippen molar-refractivity contribution in [3.8, 4) is 5.75 Å². The summed E-state index contributed by atoms with van der Waals surface area (Å²) in [5.74, 6) is 0.926. The highest BCUT2D eigenvalue weighted by atomic mass is 16.5. The predicted molar refractivity (Wildman–Crippen MR) is 86.7 cm³/mol. The molecule has 0 bridgehead atoms. The van der Waals surface area contributed by atoms with Gasteiger partial charge in [0.2, 0.25) is 0 Å². The molecule has 1 aliphatic rings. The maximum absolute atomic E-state index is 11.0. The van der Waals surface area contributed by atoms with Gasteiger partial charge in [0, 0.05) is 39.8 Å². The summed E-state index contributed by atoms with van der Waals surface area (Å²) >= 11 is 0. The first-order chi connectivity index (χ1) is 10.7. The number of alkyl carbamates (subject to hydrolysis) is 1. The summed E-state index contributed by atoms with van der Waals surface area (Å²) in [4.78, 5) is 15.7. The average Bonchev–Trinajstić information content (AvgIpc) is 2.59. The van der Waals surface area contributed by atoms with Gasteiger partial charge < -0.3 is 19.7 Å². The molecule has 0 spiro atoms. The van der Waals surface area contributed by atoms with Crippen LogP contribution >= 0.6 is 0 Å². The topological polar surface area (TPSA) is 54.0 Å². The number of piperazine rings is 1. The van der Waals surface area contributed by atoms with E-state index in [1.54, 1.807) is 14.2 Å². The minimum Gasteiger partial charge on any atom is -0.495 e. The molecule has 0 unspecified atom stereocenters. The molecule has 2 rings (SSSR count). The third-order valence-electron chi connectivity index (χ3n) is 3.85. The summed E-state index contributed by atoms with van der Waals surface area (Å²) < 4.78 is 10.4. The van der Waals surface area contributed by atoms with E-state index in [2.05, 4.69) is 21.2 Å². The Morgan fingerprint density at radius 2 is 1.95 bits per heavy atom. The highest BCUT2D eigenvalue weighted by Crippen LogP contribution is 2.28. The van der Waals surface area contributed by atoms with Gasteiger partial charge in [-0.05, 0) is 18.6 Å². The zero-order chi connectivity index (χ0) is 15.8. The molecule has 1 aromatic carbocycles. The van der Waals surface area contributed by atoms with Crippen LogP contribution in [0.25, 0.3) is 0 Å². The van der Waals surface area contributed by atoms with Gasteiger partial charge in [0.15, 0.2) is 0 Å². The lowest BCUT2D eigenvalue weighted by Gasteiger charge is -2.36. The van der Waals surface area contributed by atoms with Crippen LogP contribution in [0.1, 0.15) is 6.42 Å². The Morgan fingerprint density at radius 3 is 2.64 bits per heavy atom. The maximum Gasteiger partial charge on any atom is 0.406 e. The summed E-state index contributed by atoms with van der Waals surface area (Å²) in [5.41, 5.74) is 1.16. The lowest BCUT2D eigenvalue weighted by molar-refractivity contribution is 0.139. The molecule has 1 heterocycles. The number of hydrogen-bond donors (Lipinski definition) is 1. The molecule has 0 saturated carbocycles. The maximum atomic E-state index is 11.0. The normalized spacial score (nSPS) is 15.5. The van der Waals surface area contributed by atoms with Crippen molar-refractivity contribution in [2.24, 2.45) is 0 Å². The lowest BCUT2D eigenvalue weighted by atomic mass is 10.2. The first-order valence-electron chi connectivity index (χ1n) is 7.69. The highest BCUT2D eigenvalue weighted by Gasteiger charge is 2.19. The smallest absolute Gasteiger partial charge is 0.406 e. The molecule has 1 aromatic rings. The van der Waals surface area contributed by atoms with Gasteiger partial charge in [-0.3, -0.25) is 4.90 Å². The number of carbonyl (C=O) groups is 1. The molecule has 1 fully saturated rings. The molecule has 1 saturated heterocycles. The number of nitrogens with one attached hydrogen (secondary N) is 1. The van der Waals surface area contributed by atoms with Gasteiger partial charge in [-0.2, -0.15) is 0 Å². The van der Waals surface area contributed by atoms with Crippen LogP contribution in [0.15, 0.2) is 24.3 Å². The summed E-state index contributed by atoms with van der Waals surface area (Å²) in [6.45, 7) is 5.41. The van der Waals surface area contributed by atoms with E-state index in [1.807, 2.05) is 18.2 Å².